The third-order valence-electron chi connectivity index (χ3n) is 7.13. The zero-order chi connectivity index (χ0) is 26.6. The Kier molecular flexibility index (Phi) is 6.12. The summed E-state index contributed by atoms with van der Waals surface area (Å²) < 4.78 is 28.3. The van der Waals surface area contributed by atoms with Crippen LogP contribution in [0.15, 0.2) is 78.2 Å². The van der Waals surface area contributed by atoms with Crippen LogP contribution in [0, 0.1) is 0 Å². The van der Waals surface area contributed by atoms with E-state index in [1.165, 1.54) is 27.7 Å². The highest BCUT2D eigenvalue weighted by molar-refractivity contribution is 7.89. The van der Waals surface area contributed by atoms with Gasteiger partial charge in [-0.05, 0) is 47.2 Å². The number of fused-ring (bicyclic) bond motifs is 3. The molecule has 0 radical (unpaired) electrons. The number of aromatic nitrogens is 3. The van der Waals surface area contributed by atoms with E-state index in [1.807, 2.05) is 0 Å². The first-order chi connectivity index (χ1) is 18.2. The van der Waals surface area contributed by atoms with Crippen molar-refractivity contribution in [1.29, 1.82) is 0 Å². The molecule has 4 aromatic rings. The molecule has 4 heterocycles. The maximum Gasteiger partial charge on any atom is 0.274 e. The van der Waals surface area contributed by atoms with E-state index in [1.54, 1.807) is 54.9 Å². The predicted molar refractivity (Wildman–Crippen MR) is 139 cm³/mol. The van der Waals surface area contributed by atoms with Crippen molar-refractivity contribution in [2.45, 2.75) is 29.2 Å². The number of carbonyl (C=O) groups excluding carboxylic acids is 1. The summed E-state index contributed by atoms with van der Waals surface area (Å²) in [5, 5.41) is 23.5. The first kappa shape index (κ1) is 24.8. The lowest BCUT2D eigenvalue weighted by molar-refractivity contribution is 0.0352. The number of nitrogens with zero attached hydrogens (tertiary/aromatic N) is 5. The van der Waals surface area contributed by atoms with Gasteiger partial charge in [0.25, 0.3) is 5.91 Å². The van der Waals surface area contributed by atoms with E-state index in [0.717, 1.165) is 10.9 Å². The van der Waals surface area contributed by atoms with Gasteiger partial charge in [-0.1, -0.05) is 23.7 Å². The van der Waals surface area contributed by atoms with Crippen LogP contribution in [-0.4, -0.2) is 86.1 Å². The second kappa shape index (κ2) is 9.37. The number of rotatable bonds is 4. The molecule has 0 spiro atoms. The van der Waals surface area contributed by atoms with Crippen LogP contribution >= 0.6 is 11.6 Å². The number of piperazine rings is 1. The molecule has 2 fully saturated rings. The van der Waals surface area contributed by atoms with Crippen LogP contribution < -0.4 is 0 Å². The minimum atomic E-state index is -3.98. The van der Waals surface area contributed by atoms with Crippen LogP contribution in [0.4, 0.5) is 0 Å². The van der Waals surface area contributed by atoms with Crippen LogP contribution in [0.2, 0.25) is 5.02 Å². The molecule has 4 atom stereocenters. The topological polar surface area (TPSA) is 137 Å². The van der Waals surface area contributed by atoms with Crippen molar-refractivity contribution in [3.8, 4) is 11.3 Å². The highest BCUT2D eigenvalue weighted by Crippen LogP contribution is 2.35. The maximum absolute atomic E-state index is 13.6. The van der Waals surface area contributed by atoms with Gasteiger partial charge in [-0.2, -0.15) is 4.31 Å². The summed E-state index contributed by atoms with van der Waals surface area (Å²) >= 11 is 6.04. The number of aliphatic hydroxyl groups is 2. The maximum atomic E-state index is 13.6. The number of hydrogen-bond donors (Lipinski definition) is 2. The quantitative estimate of drug-likeness (QED) is 0.393. The molecule has 194 valence electrons. The molecule has 2 aromatic carbocycles. The third kappa shape index (κ3) is 4.12. The Morgan fingerprint density at radius 2 is 1.55 bits per heavy atom. The summed E-state index contributed by atoms with van der Waals surface area (Å²) in [5.74, 6) is -0.538. The second-order valence-electron chi connectivity index (χ2n) is 9.33. The molecule has 2 aromatic heterocycles. The Labute approximate surface area is 223 Å². The van der Waals surface area contributed by atoms with Crippen molar-refractivity contribution in [2.24, 2.45) is 0 Å². The summed E-state index contributed by atoms with van der Waals surface area (Å²) in [5.41, 5.74) is 1.37. The van der Waals surface area contributed by atoms with Gasteiger partial charge < -0.3 is 15.1 Å². The number of aliphatic hydroxyl groups excluding tert-OH is 2. The van der Waals surface area contributed by atoms with E-state index in [4.69, 9.17) is 11.6 Å². The first-order valence-corrected chi connectivity index (χ1v) is 13.7. The molecule has 2 saturated heterocycles. The van der Waals surface area contributed by atoms with Crippen LogP contribution in [0.3, 0.4) is 0 Å². The fourth-order valence-corrected chi connectivity index (χ4v) is 6.85. The van der Waals surface area contributed by atoms with Gasteiger partial charge in [-0.3, -0.25) is 14.8 Å². The number of hydrogen-bond acceptors (Lipinski definition) is 8. The number of halogens is 1. The zero-order valence-corrected chi connectivity index (χ0v) is 21.4. The molecule has 4 unspecified atom stereocenters. The van der Waals surface area contributed by atoms with Gasteiger partial charge in [0.1, 0.15) is 17.9 Å². The Morgan fingerprint density at radius 1 is 0.895 bits per heavy atom. The van der Waals surface area contributed by atoms with Crippen LogP contribution in [0.1, 0.15) is 10.5 Å². The molecule has 2 N–H and O–H groups in total. The van der Waals surface area contributed by atoms with E-state index < -0.39 is 40.2 Å². The van der Waals surface area contributed by atoms with Gasteiger partial charge in [-0.15, -0.1) is 0 Å². The molecule has 12 heteroatoms. The van der Waals surface area contributed by atoms with Gasteiger partial charge in [0.05, 0.1) is 35.1 Å². The minimum Gasteiger partial charge on any atom is -0.388 e. The van der Waals surface area contributed by atoms with Crippen molar-refractivity contribution in [3.63, 3.8) is 0 Å². The normalized spacial score (nSPS) is 23.6. The summed E-state index contributed by atoms with van der Waals surface area (Å²) in [4.78, 5) is 27.4. The number of sulfonamides is 1. The molecular formula is C26H22ClN5O5S. The summed E-state index contributed by atoms with van der Waals surface area (Å²) in [7, 11) is -3.98. The average molecular weight is 552 g/mol. The van der Waals surface area contributed by atoms with E-state index >= 15 is 0 Å². The van der Waals surface area contributed by atoms with E-state index in [-0.39, 0.29) is 23.7 Å². The standard InChI is InChI=1S/C26H22ClN5O5S/c27-18-3-1-17-10-19(4-2-16(17)9-18)38(36,37)31-13-22-24(33)25(34)23(14-31)32(22)26(35)21-12-29-20(11-30-21)15-5-7-28-8-6-15/h1-12,22-25,33-34H,13-14H2. The molecule has 38 heavy (non-hydrogen) atoms. The first-order valence-electron chi connectivity index (χ1n) is 11.8. The van der Waals surface area contributed by atoms with Crippen molar-refractivity contribution in [3.05, 3.63) is 84.0 Å². The molecule has 2 aliphatic heterocycles. The van der Waals surface area contributed by atoms with Gasteiger partial charge >= 0.3 is 0 Å². The van der Waals surface area contributed by atoms with Crippen molar-refractivity contribution in [2.75, 3.05) is 13.1 Å². The third-order valence-corrected chi connectivity index (χ3v) is 9.19. The summed E-state index contributed by atoms with van der Waals surface area (Å²) in [6.07, 6.45) is 3.42. The molecule has 1 amide bonds. The smallest absolute Gasteiger partial charge is 0.274 e. The Morgan fingerprint density at radius 3 is 2.21 bits per heavy atom. The van der Waals surface area contributed by atoms with Crippen LogP contribution in [0.25, 0.3) is 22.0 Å². The van der Waals surface area contributed by atoms with Crippen molar-refractivity contribution >= 4 is 38.3 Å². The fourth-order valence-electron chi connectivity index (χ4n) is 5.16. The number of benzene rings is 2. The van der Waals surface area contributed by atoms with Crippen molar-refractivity contribution in [1.82, 2.24) is 24.2 Å². The Hall–Kier alpha value is -3.48. The number of amides is 1. The monoisotopic (exact) mass is 551 g/mol. The molecular weight excluding hydrogens is 530 g/mol. The fraction of sp³-hybridized carbons (Fsp3) is 0.231. The highest BCUT2D eigenvalue weighted by atomic mass is 35.5. The molecule has 2 bridgehead atoms. The largest absolute Gasteiger partial charge is 0.388 e. The lowest BCUT2D eigenvalue weighted by atomic mass is 10.1. The Balaban J connectivity index is 1.26. The number of carbonyl (C=O) groups is 1. The molecule has 0 aliphatic carbocycles. The van der Waals surface area contributed by atoms with Crippen LogP contribution in [-0.2, 0) is 10.0 Å². The lowest BCUT2D eigenvalue weighted by Gasteiger charge is -2.40. The average Bonchev–Trinajstić information content (AvgIpc) is 3.09. The van der Waals surface area contributed by atoms with Gasteiger partial charge in [0, 0.05) is 36.1 Å². The molecule has 10 nitrogen and oxygen atoms in total. The SMILES string of the molecule is O=C(c1cnc(-c2ccncc2)cn1)N1C2CN(S(=O)(=O)c3ccc4cc(Cl)ccc4c3)CC1C(O)C2O. The van der Waals surface area contributed by atoms with E-state index in [9.17, 15) is 23.4 Å². The van der Waals surface area contributed by atoms with Crippen molar-refractivity contribution < 1.29 is 23.4 Å². The summed E-state index contributed by atoms with van der Waals surface area (Å²) in [6.45, 7) is -0.353. The van der Waals surface area contributed by atoms with Crippen LogP contribution in [0.5, 0.6) is 0 Å². The zero-order valence-electron chi connectivity index (χ0n) is 19.8. The Bertz CT molecular complexity index is 1620. The minimum absolute atomic E-state index is 0.0311. The summed E-state index contributed by atoms with van der Waals surface area (Å²) in [6, 6.07) is 11.5. The second-order valence-corrected chi connectivity index (χ2v) is 11.7. The molecule has 2 aliphatic rings. The van der Waals surface area contributed by atoms with E-state index in [2.05, 4.69) is 15.0 Å². The predicted octanol–water partition coefficient (Wildman–Crippen LogP) is 1.96. The highest BCUT2D eigenvalue weighted by Gasteiger charge is 2.56. The lowest BCUT2D eigenvalue weighted by Crippen LogP contribution is -2.59. The molecule has 6 rings (SSSR count). The number of pyridine rings is 1. The van der Waals surface area contributed by atoms with E-state index in [0.29, 0.717) is 16.1 Å². The van der Waals surface area contributed by atoms with Gasteiger partial charge in [-0.25, -0.2) is 13.4 Å². The van der Waals surface area contributed by atoms with Gasteiger partial charge in [0.15, 0.2) is 0 Å². The van der Waals surface area contributed by atoms with Gasteiger partial charge in [0.2, 0.25) is 10.0 Å². The molecule has 0 saturated carbocycles.